The highest BCUT2D eigenvalue weighted by molar-refractivity contribution is 5.95. The molecule has 0 aromatic heterocycles. The Balaban J connectivity index is 2.17. The van der Waals surface area contributed by atoms with E-state index in [2.05, 4.69) is 5.43 Å². The summed E-state index contributed by atoms with van der Waals surface area (Å²) in [6.07, 6.45) is 0. The van der Waals surface area contributed by atoms with Crippen molar-refractivity contribution in [2.45, 2.75) is 0 Å². The zero-order valence-electron chi connectivity index (χ0n) is 11.1. The largest absolute Gasteiger partial charge is 0.305 e. The number of rotatable bonds is 4. The molecule has 0 bridgehead atoms. The molecule has 0 atom stereocenters. The summed E-state index contributed by atoms with van der Waals surface area (Å²) >= 11 is 0. The molecule has 0 unspecified atom stereocenters. The number of hydrogen-bond donors (Lipinski definition) is 1. The first-order valence-electron chi connectivity index (χ1n) is 6.03. The number of benzene rings is 2. The van der Waals surface area contributed by atoms with E-state index in [-0.39, 0.29) is 5.56 Å². The number of para-hydroxylation sites is 1. The second-order valence-corrected chi connectivity index (χ2v) is 4.26. The van der Waals surface area contributed by atoms with Crippen LogP contribution in [0, 0.1) is 15.9 Å². The van der Waals surface area contributed by atoms with Gasteiger partial charge in [-0.15, -0.1) is 0 Å². The van der Waals surface area contributed by atoms with Gasteiger partial charge in [0.15, 0.2) is 0 Å². The number of hydrogen-bond acceptors (Lipinski definition) is 4. The molecule has 0 fully saturated rings. The number of hydrazine groups is 1. The summed E-state index contributed by atoms with van der Waals surface area (Å²) in [6, 6.07) is 12.0. The standard InChI is InChI=1S/C14H12FN3O3/c1-17(11-5-3-2-4-6-11)16-14(19)10-7-8-12(15)13(9-10)18(20)21/h2-9H,1H3,(H,16,19). The van der Waals surface area contributed by atoms with Crippen LogP contribution in [0.4, 0.5) is 15.8 Å². The van der Waals surface area contributed by atoms with Gasteiger partial charge in [0.1, 0.15) is 0 Å². The molecule has 108 valence electrons. The molecule has 2 aromatic carbocycles. The maximum atomic E-state index is 13.2. The second-order valence-electron chi connectivity index (χ2n) is 4.26. The van der Waals surface area contributed by atoms with Crippen LogP contribution in [0.25, 0.3) is 0 Å². The van der Waals surface area contributed by atoms with Gasteiger partial charge in [-0.05, 0) is 24.3 Å². The third-order valence-electron chi connectivity index (χ3n) is 2.82. The lowest BCUT2D eigenvalue weighted by molar-refractivity contribution is -0.387. The topological polar surface area (TPSA) is 75.5 Å². The Morgan fingerprint density at radius 2 is 1.90 bits per heavy atom. The lowest BCUT2D eigenvalue weighted by atomic mass is 10.2. The van der Waals surface area contributed by atoms with E-state index in [1.165, 1.54) is 11.1 Å². The molecule has 0 spiro atoms. The Labute approximate surface area is 119 Å². The number of carbonyl (C=O) groups excluding carboxylic acids is 1. The molecule has 0 radical (unpaired) electrons. The molecule has 0 aliphatic heterocycles. The van der Waals surface area contributed by atoms with Crippen LogP contribution in [-0.2, 0) is 0 Å². The van der Waals surface area contributed by atoms with Gasteiger partial charge in [-0.2, -0.15) is 4.39 Å². The van der Waals surface area contributed by atoms with Crippen molar-refractivity contribution < 1.29 is 14.1 Å². The molecular formula is C14H12FN3O3. The monoisotopic (exact) mass is 289 g/mol. The minimum absolute atomic E-state index is 0.00545. The van der Waals surface area contributed by atoms with Crippen LogP contribution in [0.1, 0.15) is 10.4 Å². The summed E-state index contributed by atoms with van der Waals surface area (Å²) in [7, 11) is 1.63. The van der Waals surface area contributed by atoms with E-state index >= 15 is 0 Å². The quantitative estimate of drug-likeness (QED) is 0.693. The zero-order chi connectivity index (χ0) is 15.4. The average molecular weight is 289 g/mol. The van der Waals surface area contributed by atoms with Crippen molar-refractivity contribution in [2.75, 3.05) is 12.1 Å². The van der Waals surface area contributed by atoms with E-state index in [0.717, 1.165) is 17.8 Å². The van der Waals surface area contributed by atoms with Crippen LogP contribution >= 0.6 is 0 Å². The number of nitro groups is 1. The molecule has 0 saturated heterocycles. The smallest absolute Gasteiger partial charge is 0.288 e. The molecule has 7 heteroatoms. The Hall–Kier alpha value is -2.96. The van der Waals surface area contributed by atoms with Crippen molar-refractivity contribution in [1.82, 2.24) is 5.43 Å². The minimum Gasteiger partial charge on any atom is -0.288 e. The molecule has 0 heterocycles. The third-order valence-corrected chi connectivity index (χ3v) is 2.82. The number of halogens is 1. The van der Waals surface area contributed by atoms with E-state index < -0.39 is 22.3 Å². The second kappa shape index (κ2) is 6.00. The van der Waals surface area contributed by atoms with Crippen LogP contribution in [0.15, 0.2) is 48.5 Å². The Morgan fingerprint density at radius 1 is 1.24 bits per heavy atom. The van der Waals surface area contributed by atoms with Gasteiger partial charge in [0.05, 0.1) is 10.6 Å². The maximum Gasteiger partial charge on any atom is 0.305 e. The van der Waals surface area contributed by atoms with E-state index in [9.17, 15) is 19.3 Å². The molecular weight excluding hydrogens is 277 g/mol. The molecule has 0 aliphatic rings. The van der Waals surface area contributed by atoms with Crippen molar-refractivity contribution in [3.05, 3.63) is 70.0 Å². The van der Waals surface area contributed by atoms with Gasteiger partial charge in [-0.25, -0.2) is 0 Å². The van der Waals surface area contributed by atoms with Crippen LogP contribution in [-0.4, -0.2) is 17.9 Å². The Kier molecular flexibility index (Phi) is 4.13. The Bertz CT molecular complexity index is 676. The first kappa shape index (κ1) is 14.4. The number of nitro benzene ring substituents is 1. The maximum absolute atomic E-state index is 13.2. The lowest BCUT2D eigenvalue weighted by Crippen LogP contribution is -2.39. The number of anilines is 1. The molecule has 2 rings (SSSR count). The summed E-state index contributed by atoms with van der Waals surface area (Å²) in [6.45, 7) is 0. The van der Waals surface area contributed by atoms with Gasteiger partial charge in [0.2, 0.25) is 5.82 Å². The summed E-state index contributed by atoms with van der Waals surface area (Å²) < 4.78 is 13.2. The van der Waals surface area contributed by atoms with Gasteiger partial charge in [0.25, 0.3) is 5.91 Å². The summed E-state index contributed by atoms with van der Waals surface area (Å²) in [4.78, 5) is 21.8. The van der Waals surface area contributed by atoms with E-state index in [0.29, 0.717) is 0 Å². The van der Waals surface area contributed by atoms with Crippen LogP contribution in [0.2, 0.25) is 0 Å². The number of nitrogens with one attached hydrogen (secondary N) is 1. The number of nitrogens with zero attached hydrogens (tertiary/aromatic N) is 2. The van der Waals surface area contributed by atoms with Crippen molar-refractivity contribution in [2.24, 2.45) is 0 Å². The summed E-state index contributed by atoms with van der Waals surface area (Å²) in [5.74, 6) is -1.54. The zero-order valence-corrected chi connectivity index (χ0v) is 11.1. The van der Waals surface area contributed by atoms with Crippen LogP contribution < -0.4 is 10.4 Å². The third kappa shape index (κ3) is 3.33. The normalized spacial score (nSPS) is 10.0. The molecule has 6 nitrogen and oxygen atoms in total. The first-order valence-corrected chi connectivity index (χ1v) is 6.03. The molecule has 21 heavy (non-hydrogen) atoms. The average Bonchev–Trinajstić information content (AvgIpc) is 2.48. The van der Waals surface area contributed by atoms with E-state index in [1.807, 2.05) is 6.07 Å². The molecule has 0 saturated carbocycles. The van der Waals surface area contributed by atoms with Crippen molar-refractivity contribution in [3.8, 4) is 0 Å². The van der Waals surface area contributed by atoms with Gasteiger partial charge >= 0.3 is 5.69 Å². The SMILES string of the molecule is CN(NC(=O)c1ccc(F)c([N+](=O)[O-])c1)c1ccccc1. The lowest BCUT2D eigenvalue weighted by Gasteiger charge is -2.20. The fourth-order valence-corrected chi connectivity index (χ4v) is 1.73. The van der Waals surface area contributed by atoms with E-state index in [4.69, 9.17) is 0 Å². The van der Waals surface area contributed by atoms with Crippen LogP contribution in [0.3, 0.4) is 0 Å². The molecule has 2 aromatic rings. The summed E-state index contributed by atoms with van der Waals surface area (Å²) in [5, 5.41) is 12.1. The van der Waals surface area contributed by atoms with Gasteiger partial charge in [0, 0.05) is 18.7 Å². The predicted molar refractivity (Wildman–Crippen MR) is 75.4 cm³/mol. The summed E-state index contributed by atoms with van der Waals surface area (Å²) in [5.41, 5.74) is 2.56. The number of amides is 1. The fourth-order valence-electron chi connectivity index (χ4n) is 1.73. The van der Waals surface area contributed by atoms with Crippen molar-refractivity contribution in [1.29, 1.82) is 0 Å². The highest BCUT2D eigenvalue weighted by Gasteiger charge is 2.18. The fraction of sp³-hybridized carbons (Fsp3) is 0.0714. The van der Waals surface area contributed by atoms with Gasteiger partial charge in [-0.1, -0.05) is 18.2 Å². The van der Waals surface area contributed by atoms with Crippen LogP contribution in [0.5, 0.6) is 0 Å². The molecule has 1 N–H and O–H groups in total. The molecule has 1 amide bonds. The van der Waals surface area contributed by atoms with Crippen molar-refractivity contribution in [3.63, 3.8) is 0 Å². The highest BCUT2D eigenvalue weighted by Crippen LogP contribution is 2.18. The Morgan fingerprint density at radius 3 is 2.52 bits per heavy atom. The predicted octanol–water partition coefficient (Wildman–Crippen LogP) is 2.52. The highest BCUT2D eigenvalue weighted by atomic mass is 19.1. The minimum atomic E-state index is -0.979. The van der Waals surface area contributed by atoms with Gasteiger partial charge in [-0.3, -0.25) is 25.3 Å². The van der Waals surface area contributed by atoms with Gasteiger partial charge < -0.3 is 0 Å². The number of carbonyl (C=O) groups is 1. The van der Waals surface area contributed by atoms with Crippen molar-refractivity contribution >= 4 is 17.3 Å². The molecule has 0 aliphatic carbocycles. The van der Waals surface area contributed by atoms with E-state index in [1.54, 1.807) is 31.3 Å². The first-order chi connectivity index (χ1) is 9.99.